The molecule has 2 amide bonds. The van der Waals surface area contributed by atoms with E-state index >= 15 is 0 Å². The smallest absolute Gasteiger partial charge is 0.238 e. The molecule has 0 aromatic heterocycles. The van der Waals surface area contributed by atoms with Crippen molar-refractivity contribution in [2.24, 2.45) is 0 Å². The highest BCUT2D eigenvalue weighted by Crippen LogP contribution is 2.24. The topological polar surface area (TPSA) is 91.2 Å². The van der Waals surface area contributed by atoms with Crippen molar-refractivity contribution in [2.75, 3.05) is 11.9 Å². The fourth-order valence-electron chi connectivity index (χ4n) is 2.82. The van der Waals surface area contributed by atoms with E-state index in [1.165, 1.54) is 5.56 Å². The van der Waals surface area contributed by atoms with Crippen LogP contribution in [0.1, 0.15) is 51.2 Å². The molecule has 0 atom stereocenters. The first-order chi connectivity index (χ1) is 14.3. The second-order valence-electron chi connectivity index (χ2n) is 8.04. The van der Waals surface area contributed by atoms with Gasteiger partial charge in [-0.25, -0.2) is 0 Å². The summed E-state index contributed by atoms with van der Waals surface area (Å²) in [5.41, 5.74) is 2.74. The van der Waals surface area contributed by atoms with Gasteiger partial charge >= 0.3 is 0 Å². The van der Waals surface area contributed by atoms with E-state index in [4.69, 9.17) is 10.00 Å². The average Bonchev–Trinajstić information content (AvgIpc) is 2.70. The van der Waals surface area contributed by atoms with Crippen molar-refractivity contribution in [3.05, 3.63) is 59.7 Å². The predicted molar refractivity (Wildman–Crippen MR) is 117 cm³/mol. The molecule has 0 unspecified atom stereocenters. The Bertz CT molecular complexity index is 893. The molecule has 0 bridgehead atoms. The van der Waals surface area contributed by atoms with Crippen LogP contribution in [0.5, 0.6) is 5.75 Å². The number of amides is 2. The van der Waals surface area contributed by atoms with Crippen LogP contribution in [0.3, 0.4) is 0 Å². The van der Waals surface area contributed by atoms with Gasteiger partial charge < -0.3 is 15.4 Å². The molecular weight excluding hydrogens is 378 g/mol. The van der Waals surface area contributed by atoms with Crippen LogP contribution in [0, 0.1) is 11.3 Å². The fraction of sp³-hybridized carbons (Fsp3) is 0.375. The van der Waals surface area contributed by atoms with Gasteiger partial charge in [0, 0.05) is 18.7 Å². The summed E-state index contributed by atoms with van der Waals surface area (Å²) in [6.45, 7) is 7.26. The largest absolute Gasteiger partial charge is 0.494 e. The van der Waals surface area contributed by atoms with Crippen molar-refractivity contribution in [3.8, 4) is 11.8 Å². The van der Waals surface area contributed by atoms with Gasteiger partial charge in [-0.2, -0.15) is 5.26 Å². The summed E-state index contributed by atoms with van der Waals surface area (Å²) in [5.74, 6) is 0.342. The van der Waals surface area contributed by atoms with E-state index in [0.29, 0.717) is 31.7 Å². The molecule has 0 saturated carbocycles. The fourth-order valence-corrected chi connectivity index (χ4v) is 2.82. The number of nitrogens with zero attached hydrogens (tertiary/aromatic N) is 1. The first-order valence-electron chi connectivity index (χ1n) is 10.0. The summed E-state index contributed by atoms with van der Waals surface area (Å²) in [6.07, 6.45) is 0.746. The van der Waals surface area contributed by atoms with E-state index < -0.39 is 0 Å². The SMILES string of the molecule is CC(C)(C)c1ccc(OCCCC(=O)NCc2ccccc2NC(=O)CC#N)cc1. The maximum Gasteiger partial charge on any atom is 0.238 e. The van der Waals surface area contributed by atoms with Crippen LogP contribution in [-0.4, -0.2) is 18.4 Å². The zero-order chi connectivity index (χ0) is 22.0. The van der Waals surface area contributed by atoms with Gasteiger partial charge in [0.25, 0.3) is 0 Å². The zero-order valence-electron chi connectivity index (χ0n) is 17.8. The van der Waals surface area contributed by atoms with E-state index in [1.807, 2.05) is 30.3 Å². The van der Waals surface area contributed by atoms with Crippen molar-refractivity contribution in [3.63, 3.8) is 0 Å². The second-order valence-corrected chi connectivity index (χ2v) is 8.04. The molecule has 2 aromatic rings. The predicted octanol–water partition coefficient (Wildman–Crippen LogP) is 4.31. The Balaban J connectivity index is 1.73. The highest BCUT2D eigenvalue weighted by molar-refractivity contribution is 5.92. The van der Waals surface area contributed by atoms with Crippen molar-refractivity contribution >= 4 is 17.5 Å². The van der Waals surface area contributed by atoms with Crippen LogP contribution in [0.4, 0.5) is 5.69 Å². The third-order valence-corrected chi connectivity index (χ3v) is 4.54. The van der Waals surface area contributed by atoms with Crippen LogP contribution >= 0.6 is 0 Å². The molecule has 2 N–H and O–H groups in total. The molecule has 0 aliphatic rings. The Morgan fingerprint density at radius 3 is 2.40 bits per heavy atom. The molecular formula is C24H29N3O3. The molecule has 6 heteroatoms. The highest BCUT2D eigenvalue weighted by atomic mass is 16.5. The molecule has 0 aliphatic heterocycles. The van der Waals surface area contributed by atoms with Crippen molar-refractivity contribution in [2.45, 2.75) is 52.0 Å². The third kappa shape index (κ3) is 7.59. The van der Waals surface area contributed by atoms with Gasteiger partial charge in [-0.15, -0.1) is 0 Å². The summed E-state index contributed by atoms with van der Waals surface area (Å²) in [5, 5.41) is 14.1. The minimum atomic E-state index is -0.371. The molecule has 0 spiro atoms. The highest BCUT2D eigenvalue weighted by Gasteiger charge is 2.13. The van der Waals surface area contributed by atoms with Crippen molar-refractivity contribution < 1.29 is 14.3 Å². The van der Waals surface area contributed by atoms with Gasteiger partial charge in [0.1, 0.15) is 12.2 Å². The Morgan fingerprint density at radius 2 is 1.73 bits per heavy atom. The van der Waals surface area contributed by atoms with Gasteiger partial charge in [-0.1, -0.05) is 51.1 Å². The van der Waals surface area contributed by atoms with Gasteiger partial charge in [0.05, 0.1) is 12.7 Å². The molecule has 30 heavy (non-hydrogen) atoms. The first kappa shape index (κ1) is 23.0. The lowest BCUT2D eigenvalue weighted by Gasteiger charge is -2.19. The van der Waals surface area contributed by atoms with Gasteiger partial charge in [-0.3, -0.25) is 9.59 Å². The number of anilines is 1. The van der Waals surface area contributed by atoms with Gasteiger partial charge in [-0.05, 0) is 41.2 Å². The lowest BCUT2D eigenvalue weighted by molar-refractivity contribution is -0.121. The number of hydrogen-bond donors (Lipinski definition) is 2. The Kier molecular flexibility index (Phi) is 8.42. The number of rotatable bonds is 9. The standard InChI is InChI=1S/C24H29N3O3/c1-24(2,3)19-10-12-20(13-11-19)30-16-6-9-22(28)26-17-18-7-4-5-8-21(18)27-23(29)14-15-25/h4-5,7-8,10-13H,6,9,14,16-17H2,1-3H3,(H,26,28)(H,27,29). The monoisotopic (exact) mass is 407 g/mol. The number of para-hydroxylation sites is 1. The van der Waals surface area contributed by atoms with Gasteiger partial charge in [0.2, 0.25) is 11.8 Å². The van der Waals surface area contributed by atoms with Crippen LogP contribution in [0.2, 0.25) is 0 Å². The molecule has 0 aliphatic carbocycles. The Labute approximate surface area is 178 Å². The number of ether oxygens (including phenoxy) is 1. The molecule has 0 fully saturated rings. The second kappa shape index (κ2) is 11.0. The number of nitrogens with one attached hydrogen (secondary N) is 2. The Morgan fingerprint density at radius 1 is 1.03 bits per heavy atom. The number of hydrogen-bond acceptors (Lipinski definition) is 4. The molecule has 0 saturated heterocycles. The molecule has 0 radical (unpaired) electrons. The lowest BCUT2D eigenvalue weighted by Crippen LogP contribution is -2.24. The number of nitriles is 1. The van der Waals surface area contributed by atoms with E-state index in [9.17, 15) is 9.59 Å². The van der Waals surface area contributed by atoms with Crippen LogP contribution < -0.4 is 15.4 Å². The quantitative estimate of drug-likeness (QED) is 0.606. The van der Waals surface area contributed by atoms with Crippen molar-refractivity contribution in [1.29, 1.82) is 5.26 Å². The third-order valence-electron chi connectivity index (χ3n) is 4.54. The summed E-state index contributed by atoms with van der Waals surface area (Å²) in [7, 11) is 0. The van der Waals surface area contributed by atoms with E-state index in [1.54, 1.807) is 12.1 Å². The number of carbonyl (C=O) groups is 2. The number of carbonyl (C=O) groups excluding carboxylic acids is 2. The van der Waals surface area contributed by atoms with Crippen LogP contribution in [-0.2, 0) is 21.5 Å². The maximum atomic E-state index is 12.1. The summed E-state index contributed by atoms with van der Waals surface area (Å²) < 4.78 is 5.72. The van der Waals surface area contributed by atoms with Crippen molar-refractivity contribution in [1.82, 2.24) is 5.32 Å². The van der Waals surface area contributed by atoms with E-state index in [-0.39, 0.29) is 23.7 Å². The minimum absolute atomic E-state index is 0.0835. The minimum Gasteiger partial charge on any atom is -0.494 e. The van der Waals surface area contributed by atoms with Crippen LogP contribution in [0.25, 0.3) is 0 Å². The molecule has 2 aromatic carbocycles. The molecule has 0 heterocycles. The average molecular weight is 408 g/mol. The summed E-state index contributed by atoms with van der Waals surface area (Å²) >= 11 is 0. The zero-order valence-corrected chi connectivity index (χ0v) is 17.8. The number of benzene rings is 2. The first-order valence-corrected chi connectivity index (χ1v) is 10.0. The lowest BCUT2D eigenvalue weighted by atomic mass is 9.87. The molecule has 158 valence electrons. The maximum absolute atomic E-state index is 12.1. The van der Waals surface area contributed by atoms with E-state index in [0.717, 1.165) is 11.3 Å². The molecule has 2 rings (SSSR count). The van der Waals surface area contributed by atoms with E-state index in [2.05, 4.69) is 43.5 Å². The normalized spacial score (nSPS) is 10.7. The summed E-state index contributed by atoms with van der Waals surface area (Å²) in [6, 6.07) is 17.1. The Hall–Kier alpha value is -3.33. The van der Waals surface area contributed by atoms with Crippen LogP contribution in [0.15, 0.2) is 48.5 Å². The van der Waals surface area contributed by atoms with Gasteiger partial charge in [0.15, 0.2) is 0 Å². The molecule has 6 nitrogen and oxygen atoms in total. The summed E-state index contributed by atoms with van der Waals surface area (Å²) in [4.78, 5) is 23.7.